The molecule has 1 heterocycles. The fourth-order valence-corrected chi connectivity index (χ4v) is 2.17. The summed E-state index contributed by atoms with van der Waals surface area (Å²) in [6, 6.07) is 1.88. The molecule has 0 aliphatic carbocycles. The molecule has 1 nitrogen and oxygen atoms in total. The predicted octanol–water partition coefficient (Wildman–Crippen LogP) is 4.05. The summed E-state index contributed by atoms with van der Waals surface area (Å²) in [5, 5.41) is 1.89. The van der Waals surface area contributed by atoms with Gasteiger partial charge in [-0.25, -0.2) is 0 Å². The molecule has 0 saturated carbocycles. The van der Waals surface area contributed by atoms with Crippen LogP contribution in [0.25, 0.3) is 0 Å². The van der Waals surface area contributed by atoms with Crippen LogP contribution in [0.1, 0.15) is 29.6 Å². The van der Waals surface area contributed by atoms with E-state index >= 15 is 0 Å². The molecule has 0 spiro atoms. The molecule has 0 N–H and O–H groups in total. The van der Waals surface area contributed by atoms with Gasteiger partial charge in [0.05, 0.1) is 3.79 Å². The Balaban J connectivity index is 2.44. The van der Waals surface area contributed by atoms with Crippen LogP contribution in [0, 0.1) is 0 Å². The third kappa shape index (κ3) is 3.44. The van der Waals surface area contributed by atoms with Gasteiger partial charge in [-0.3, -0.25) is 4.79 Å². The van der Waals surface area contributed by atoms with E-state index in [1.807, 2.05) is 17.5 Å². The van der Waals surface area contributed by atoms with E-state index in [0.29, 0.717) is 6.42 Å². The van der Waals surface area contributed by atoms with Crippen molar-refractivity contribution in [2.24, 2.45) is 0 Å². The first-order valence-corrected chi connectivity index (χ1v) is 5.79. The van der Waals surface area contributed by atoms with Crippen LogP contribution in [0.3, 0.4) is 0 Å². The molecule has 0 atom stereocenters. The molecule has 1 aromatic heterocycles. The second kappa shape index (κ2) is 5.35. The average molecular weight is 259 g/mol. The highest BCUT2D eigenvalue weighted by Crippen LogP contribution is 2.22. The lowest BCUT2D eigenvalue weighted by atomic mass is 10.1. The summed E-state index contributed by atoms with van der Waals surface area (Å²) < 4.78 is 1.01. The molecule has 1 rings (SSSR count). The van der Waals surface area contributed by atoms with E-state index in [2.05, 4.69) is 22.5 Å². The second-order valence-electron chi connectivity index (χ2n) is 2.74. The number of Topliss-reactive ketones (excluding diaryl/α,β-unsaturated/α-hetero) is 1. The minimum atomic E-state index is 0.226. The van der Waals surface area contributed by atoms with E-state index < -0.39 is 0 Å². The predicted molar refractivity (Wildman–Crippen MR) is 60.4 cm³/mol. The standard InChI is InChI=1S/C10H11BrOS/c1-2-3-4-5-9(12)8-6-10(11)13-7-8/h2,6-7H,1,3-5H2. The molecular formula is C10H11BrOS. The molecule has 1 aromatic rings. The van der Waals surface area contributed by atoms with Gasteiger partial charge in [0.1, 0.15) is 0 Å². The largest absolute Gasteiger partial charge is 0.294 e. The summed E-state index contributed by atoms with van der Waals surface area (Å²) in [4.78, 5) is 11.5. The van der Waals surface area contributed by atoms with E-state index in [0.717, 1.165) is 22.2 Å². The summed E-state index contributed by atoms with van der Waals surface area (Å²) in [7, 11) is 0. The molecule has 70 valence electrons. The number of halogens is 1. The SMILES string of the molecule is C=CCCCC(=O)c1csc(Br)c1. The third-order valence-corrected chi connectivity index (χ3v) is 3.21. The van der Waals surface area contributed by atoms with Crippen molar-refractivity contribution in [3.8, 4) is 0 Å². The van der Waals surface area contributed by atoms with Crippen LogP contribution in [0.5, 0.6) is 0 Å². The highest BCUT2D eigenvalue weighted by Gasteiger charge is 2.06. The topological polar surface area (TPSA) is 17.1 Å². The summed E-state index contributed by atoms with van der Waals surface area (Å²) in [5.74, 6) is 0.226. The van der Waals surface area contributed by atoms with Gasteiger partial charge in [-0.2, -0.15) is 0 Å². The van der Waals surface area contributed by atoms with Crippen LogP contribution < -0.4 is 0 Å². The highest BCUT2D eigenvalue weighted by molar-refractivity contribution is 9.11. The van der Waals surface area contributed by atoms with Gasteiger partial charge in [0.15, 0.2) is 5.78 Å². The van der Waals surface area contributed by atoms with Gasteiger partial charge in [-0.15, -0.1) is 17.9 Å². The molecule has 0 aromatic carbocycles. The molecule has 0 aliphatic rings. The number of allylic oxidation sites excluding steroid dienone is 1. The maximum Gasteiger partial charge on any atom is 0.163 e. The fraction of sp³-hybridized carbons (Fsp3) is 0.300. The summed E-state index contributed by atoms with van der Waals surface area (Å²) in [6.45, 7) is 3.62. The van der Waals surface area contributed by atoms with Crippen molar-refractivity contribution >= 4 is 33.0 Å². The zero-order valence-corrected chi connectivity index (χ0v) is 9.66. The lowest BCUT2D eigenvalue weighted by Gasteiger charge is -1.94. The number of ketones is 1. The molecule has 0 saturated heterocycles. The smallest absolute Gasteiger partial charge is 0.163 e. The number of hydrogen-bond acceptors (Lipinski definition) is 2. The van der Waals surface area contributed by atoms with Gasteiger partial charge in [0.25, 0.3) is 0 Å². The van der Waals surface area contributed by atoms with Crippen LogP contribution >= 0.6 is 27.3 Å². The molecule has 0 radical (unpaired) electrons. The van der Waals surface area contributed by atoms with Crippen molar-refractivity contribution in [1.82, 2.24) is 0 Å². The molecular weight excluding hydrogens is 248 g/mol. The van der Waals surface area contributed by atoms with Crippen molar-refractivity contribution in [2.45, 2.75) is 19.3 Å². The number of carbonyl (C=O) groups excluding carboxylic acids is 1. The fourth-order valence-electron chi connectivity index (χ4n) is 1.01. The Morgan fingerprint density at radius 2 is 2.46 bits per heavy atom. The third-order valence-electron chi connectivity index (χ3n) is 1.70. The number of thiophene rings is 1. The van der Waals surface area contributed by atoms with Crippen LogP contribution in [-0.4, -0.2) is 5.78 Å². The van der Waals surface area contributed by atoms with Crippen molar-refractivity contribution in [3.63, 3.8) is 0 Å². The van der Waals surface area contributed by atoms with E-state index in [4.69, 9.17) is 0 Å². The number of carbonyl (C=O) groups is 1. The Bertz CT molecular complexity index is 304. The number of unbranched alkanes of at least 4 members (excludes halogenated alkanes) is 1. The van der Waals surface area contributed by atoms with Gasteiger partial charge in [-0.05, 0) is 34.8 Å². The van der Waals surface area contributed by atoms with E-state index in [-0.39, 0.29) is 5.78 Å². The maximum atomic E-state index is 11.5. The summed E-state index contributed by atoms with van der Waals surface area (Å²) in [6.07, 6.45) is 4.28. The first kappa shape index (κ1) is 10.7. The molecule has 0 unspecified atom stereocenters. The summed E-state index contributed by atoms with van der Waals surface area (Å²) >= 11 is 4.88. The van der Waals surface area contributed by atoms with Crippen LogP contribution in [-0.2, 0) is 0 Å². The zero-order chi connectivity index (χ0) is 9.68. The summed E-state index contributed by atoms with van der Waals surface area (Å²) in [5.41, 5.74) is 0.820. The minimum absolute atomic E-state index is 0.226. The molecule has 0 amide bonds. The lowest BCUT2D eigenvalue weighted by Crippen LogP contribution is -1.95. The molecule has 13 heavy (non-hydrogen) atoms. The Labute approximate surface area is 90.6 Å². The highest BCUT2D eigenvalue weighted by atomic mass is 79.9. The van der Waals surface area contributed by atoms with Gasteiger partial charge in [0, 0.05) is 17.4 Å². The van der Waals surface area contributed by atoms with Crippen molar-refractivity contribution in [1.29, 1.82) is 0 Å². The Morgan fingerprint density at radius 3 is 3.00 bits per heavy atom. The van der Waals surface area contributed by atoms with Gasteiger partial charge >= 0.3 is 0 Å². The lowest BCUT2D eigenvalue weighted by molar-refractivity contribution is 0.0981. The Morgan fingerprint density at radius 1 is 1.69 bits per heavy atom. The Hall–Kier alpha value is -0.410. The normalized spacial score (nSPS) is 9.92. The number of hydrogen-bond donors (Lipinski definition) is 0. The minimum Gasteiger partial charge on any atom is -0.294 e. The molecule has 0 fully saturated rings. The van der Waals surface area contributed by atoms with Crippen LogP contribution in [0.2, 0.25) is 0 Å². The second-order valence-corrected chi connectivity index (χ2v) is 5.03. The van der Waals surface area contributed by atoms with E-state index in [1.165, 1.54) is 0 Å². The van der Waals surface area contributed by atoms with E-state index in [9.17, 15) is 4.79 Å². The van der Waals surface area contributed by atoms with Crippen molar-refractivity contribution < 1.29 is 4.79 Å². The maximum absolute atomic E-state index is 11.5. The van der Waals surface area contributed by atoms with Crippen LogP contribution in [0.15, 0.2) is 27.9 Å². The first-order chi connectivity index (χ1) is 6.24. The van der Waals surface area contributed by atoms with E-state index in [1.54, 1.807) is 11.3 Å². The van der Waals surface area contributed by atoms with Gasteiger partial charge < -0.3 is 0 Å². The monoisotopic (exact) mass is 258 g/mol. The van der Waals surface area contributed by atoms with Gasteiger partial charge in [0.2, 0.25) is 0 Å². The quantitative estimate of drug-likeness (QED) is 0.443. The Kier molecular flexibility index (Phi) is 4.39. The zero-order valence-electron chi connectivity index (χ0n) is 7.25. The average Bonchev–Trinajstić information content (AvgIpc) is 2.52. The van der Waals surface area contributed by atoms with Crippen LogP contribution in [0.4, 0.5) is 0 Å². The number of rotatable bonds is 5. The molecule has 0 aliphatic heterocycles. The molecule has 3 heteroatoms. The first-order valence-electron chi connectivity index (χ1n) is 4.12. The van der Waals surface area contributed by atoms with Gasteiger partial charge in [-0.1, -0.05) is 6.08 Å². The van der Waals surface area contributed by atoms with Crippen molar-refractivity contribution in [2.75, 3.05) is 0 Å². The van der Waals surface area contributed by atoms with Crippen molar-refractivity contribution in [3.05, 3.63) is 33.5 Å². The molecule has 0 bridgehead atoms.